The lowest BCUT2D eigenvalue weighted by molar-refractivity contribution is 0.505. The second kappa shape index (κ2) is 4.98. The molecule has 0 aromatic heterocycles. The number of halogens is 2. The van der Waals surface area contributed by atoms with E-state index in [0.29, 0.717) is 17.2 Å². The molecule has 0 fully saturated rings. The van der Waals surface area contributed by atoms with Gasteiger partial charge in [-0.3, -0.25) is 0 Å². The quantitative estimate of drug-likeness (QED) is 0.867. The van der Waals surface area contributed by atoms with Crippen LogP contribution in [0.15, 0.2) is 30.3 Å². The number of benzene rings is 2. The lowest BCUT2D eigenvalue weighted by Gasteiger charge is -2.13. The van der Waals surface area contributed by atoms with Crippen LogP contribution >= 0.6 is 0 Å². The van der Waals surface area contributed by atoms with Gasteiger partial charge >= 0.3 is 0 Å². The summed E-state index contributed by atoms with van der Waals surface area (Å²) < 4.78 is 28.0. The molecule has 1 N–H and O–H groups in total. The minimum atomic E-state index is -0.747. The van der Waals surface area contributed by atoms with E-state index in [4.69, 9.17) is 0 Å². The number of rotatable bonds is 2. The highest BCUT2D eigenvalue weighted by Gasteiger charge is 2.25. The van der Waals surface area contributed by atoms with Crippen LogP contribution in [0.4, 0.5) is 8.78 Å². The van der Waals surface area contributed by atoms with Gasteiger partial charge in [-0.1, -0.05) is 30.3 Å². The van der Waals surface area contributed by atoms with Gasteiger partial charge in [-0.25, -0.2) is 8.78 Å². The smallest absolute Gasteiger partial charge is 0.166 e. The fraction of sp³-hybridized carbons (Fsp3) is 0.294. The summed E-state index contributed by atoms with van der Waals surface area (Å²) in [6.07, 6.45) is 1.89. The molecule has 2 aromatic rings. The third-order valence-corrected chi connectivity index (χ3v) is 4.18. The molecular formula is C17H17F2N. The van der Waals surface area contributed by atoms with Crippen molar-refractivity contribution in [2.24, 2.45) is 0 Å². The third kappa shape index (κ3) is 1.93. The van der Waals surface area contributed by atoms with Gasteiger partial charge in [-0.2, -0.15) is 0 Å². The van der Waals surface area contributed by atoms with Crippen LogP contribution in [-0.4, -0.2) is 7.05 Å². The molecule has 0 radical (unpaired) electrons. The van der Waals surface area contributed by atoms with Gasteiger partial charge in [0.2, 0.25) is 0 Å². The first-order valence-corrected chi connectivity index (χ1v) is 6.87. The molecule has 0 spiro atoms. The average Bonchev–Trinajstić information content (AvgIpc) is 2.88. The van der Waals surface area contributed by atoms with Crippen LogP contribution in [0, 0.1) is 18.6 Å². The minimum absolute atomic E-state index is 0.309. The van der Waals surface area contributed by atoms with E-state index in [-0.39, 0.29) is 0 Å². The molecule has 1 aliphatic rings. The van der Waals surface area contributed by atoms with E-state index < -0.39 is 11.6 Å². The Balaban J connectivity index is 2.18. The predicted molar refractivity (Wildman–Crippen MR) is 76.7 cm³/mol. The molecule has 1 unspecified atom stereocenters. The molecule has 3 rings (SSSR count). The van der Waals surface area contributed by atoms with Crippen molar-refractivity contribution in [2.45, 2.75) is 25.8 Å². The van der Waals surface area contributed by atoms with Crippen molar-refractivity contribution in [1.29, 1.82) is 0 Å². The summed E-state index contributed by atoms with van der Waals surface area (Å²) in [5.41, 5.74) is 3.85. The summed E-state index contributed by atoms with van der Waals surface area (Å²) in [5, 5.41) is 3.27. The molecule has 0 heterocycles. The molecule has 1 nitrogen and oxygen atoms in total. The van der Waals surface area contributed by atoms with Gasteiger partial charge in [0.25, 0.3) is 0 Å². The van der Waals surface area contributed by atoms with E-state index in [1.807, 2.05) is 19.2 Å². The highest BCUT2D eigenvalue weighted by Crippen LogP contribution is 2.38. The van der Waals surface area contributed by atoms with Crippen molar-refractivity contribution < 1.29 is 8.78 Å². The van der Waals surface area contributed by atoms with Crippen LogP contribution in [0.5, 0.6) is 0 Å². The zero-order valence-corrected chi connectivity index (χ0v) is 11.6. The summed E-state index contributed by atoms with van der Waals surface area (Å²) in [5.74, 6) is -1.49. The first-order chi connectivity index (χ1) is 9.63. The molecule has 2 aromatic carbocycles. The zero-order valence-electron chi connectivity index (χ0n) is 11.6. The van der Waals surface area contributed by atoms with Crippen LogP contribution in [0.25, 0.3) is 11.1 Å². The fourth-order valence-electron chi connectivity index (χ4n) is 3.06. The Kier molecular flexibility index (Phi) is 3.30. The van der Waals surface area contributed by atoms with Gasteiger partial charge in [-0.15, -0.1) is 0 Å². The number of nitrogens with one attached hydrogen (secondary N) is 1. The summed E-state index contributed by atoms with van der Waals surface area (Å²) >= 11 is 0. The Morgan fingerprint density at radius 3 is 2.60 bits per heavy atom. The predicted octanol–water partition coefficient (Wildman–Crippen LogP) is 4.15. The third-order valence-electron chi connectivity index (χ3n) is 4.18. The maximum atomic E-state index is 14.2. The second-order valence-electron chi connectivity index (χ2n) is 5.31. The molecule has 20 heavy (non-hydrogen) atoms. The van der Waals surface area contributed by atoms with Crippen LogP contribution in [0.1, 0.15) is 29.2 Å². The summed E-state index contributed by atoms with van der Waals surface area (Å²) in [4.78, 5) is 0. The van der Waals surface area contributed by atoms with Crippen molar-refractivity contribution in [2.75, 3.05) is 7.05 Å². The molecule has 1 aliphatic carbocycles. The highest BCUT2D eigenvalue weighted by molar-refractivity contribution is 5.71. The molecule has 3 heteroatoms. The molecule has 104 valence electrons. The first-order valence-electron chi connectivity index (χ1n) is 6.87. The van der Waals surface area contributed by atoms with Gasteiger partial charge in [0, 0.05) is 11.6 Å². The lowest BCUT2D eigenvalue weighted by atomic mass is 9.95. The van der Waals surface area contributed by atoms with Crippen molar-refractivity contribution in [3.05, 3.63) is 58.7 Å². The Labute approximate surface area is 117 Å². The Morgan fingerprint density at radius 1 is 1.05 bits per heavy atom. The zero-order chi connectivity index (χ0) is 14.3. The van der Waals surface area contributed by atoms with Gasteiger partial charge in [-0.05, 0) is 49.1 Å². The second-order valence-corrected chi connectivity index (χ2v) is 5.31. The van der Waals surface area contributed by atoms with Crippen molar-refractivity contribution in [1.82, 2.24) is 5.32 Å². The van der Waals surface area contributed by atoms with Gasteiger partial charge in [0.15, 0.2) is 11.6 Å². The molecule has 0 bridgehead atoms. The maximum Gasteiger partial charge on any atom is 0.166 e. The van der Waals surface area contributed by atoms with Crippen LogP contribution in [0.2, 0.25) is 0 Å². The first kappa shape index (κ1) is 13.3. The van der Waals surface area contributed by atoms with E-state index in [1.165, 1.54) is 5.56 Å². The summed E-state index contributed by atoms with van der Waals surface area (Å²) in [6.45, 7) is 1.58. The number of fused-ring (bicyclic) bond motifs is 1. The number of hydrogen-bond donors (Lipinski definition) is 1. The van der Waals surface area contributed by atoms with E-state index in [1.54, 1.807) is 19.1 Å². The van der Waals surface area contributed by atoms with Crippen molar-refractivity contribution >= 4 is 0 Å². The lowest BCUT2D eigenvalue weighted by Crippen LogP contribution is -2.12. The Morgan fingerprint density at radius 2 is 1.85 bits per heavy atom. The molecule has 0 saturated carbocycles. The standard InChI is InChI=1S/C17H17F2N/c1-10-6-7-14(17(19)16(10)18)11-4-3-5-13-12(11)8-9-15(13)20-2/h3-7,15,20H,8-9H2,1-2H3. The Bertz CT molecular complexity index is 664. The normalized spacial score (nSPS) is 17.3. The average molecular weight is 273 g/mol. The number of hydrogen-bond acceptors (Lipinski definition) is 1. The largest absolute Gasteiger partial charge is 0.313 e. The molecule has 0 saturated heterocycles. The van der Waals surface area contributed by atoms with Crippen molar-refractivity contribution in [3.8, 4) is 11.1 Å². The molecular weight excluding hydrogens is 256 g/mol. The molecule has 0 aliphatic heterocycles. The monoisotopic (exact) mass is 273 g/mol. The van der Waals surface area contributed by atoms with Crippen LogP contribution in [0.3, 0.4) is 0 Å². The van der Waals surface area contributed by atoms with E-state index in [9.17, 15) is 8.78 Å². The SMILES string of the molecule is CNC1CCc2c(-c3ccc(C)c(F)c3F)cccc21. The van der Waals surface area contributed by atoms with Crippen LogP contribution in [-0.2, 0) is 6.42 Å². The number of aryl methyl sites for hydroxylation is 1. The Hall–Kier alpha value is -1.74. The van der Waals surface area contributed by atoms with Gasteiger partial charge in [0.1, 0.15) is 0 Å². The molecule has 0 amide bonds. The van der Waals surface area contributed by atoms with Gasteiger partial charge in [0.05, 0.1) is 0 Å². The topological polar surface area (TPSA) is 12.0 Å². The highest BCUT2D eigenvalue weighted by atomic mass is 19.2. The summed E-state index contributed by atoms with van der Waals surface area (Å²) in [6, 6.07) is 9.48. The summed E-state index contributed by atoms with van der Waals surface area (Å²) in [7, 11) is 1.93. The maximum absolute atomic E-state index is 14.2. The van der Waals surface area contributed by atoms with Crippen molar-refractivity contribution in [3.63, 3.8) is 0 Å². The molecule has 1 atom stereocenters. The van der Waals surface area contributed by atoms with Gasteiger partial charge < -0.3 is 5.32 Å². The fourth-order valence-corrected chi connectivity index (χ4v) is 3.06. The van der Waals surface area contributed by atoms with E-state index >= 15 is 0 Å². The van der Waals surface area contributed by atoms with E-state index in [0.717, 1.165) is 24.0 Å². The van der Waals surface area contributed by atoms with Crippen LogP contribution < -0.4 is 5.32 Å². The minimum Gasteiger partial charge on any atom is -0.313 e. The van der Waals surface area contributed by atoms with E-state index in [2.05, 4.69) is 11.4 Å².